The van der Waals surface area contributed by atoms with E-state index in [0.29, 0.717) is 18.8 Å². The van der Waals surface area contributed by atoms with Gasteiger partial charge in [0.2, 0.25) is 0 Å². The highest BCUT2D eigenvalue weighted by Gasteiger charge is 2.16. The Hall–Kier alpha value is -1.37. The molecule has 78 valence electrons. The molecule has 1 atom stereocenters. The first-order valence-electron chi connectivity index (χ1n) is 5.07. The van der Waals surface area contributed by atoms with Crippen molar-refractivity contribution in [2.45, 2.75) is 19.1 Å². The van der Waals surface area contributed by atoms with Crippen LogP contribution in [0.4, 0.5) is 0 Å². The zero-order chi connectivity index (χ0) is 10.5. The molecule has 0 radical (unpaired) electrons. The summed E-state index contributed by atoms with van der Waals surface area (Å²) in [6, 6.07) is 9.68. The monoisotopic (exact) mass is 203 g/mol. The summed E-state index contributed by atoms with van der Waals surface area (Å²) < 4.78 is 10.9. The number of hydrogen-bond donors (Lipinski definition) is 0. The molecule has 15 heavy (non-hydrogen) atoms. The number of rotatable bonds is 3. The molecule has 1 saturated heterocycles. The molecule has 3 nitrogen and oxygen atoms in total. The smallest absolute Gasteiger partial charge is 0.0995 e. The Morgan fingerprint density at radius 1 is 1.47 bits per heavy atom. The van der Waals surface area contributed by atoms with Gasteiger partial charge in [-0.1, -0.05) is 18.2 Å². The van der Waals surface area contributed by atoms with Gasteiger partial charge in [0, 0.05) is 6.61 Å². The summed E-state index contributed by atoms with van der Waals surface area (Å²) in [5.41, 5.74) is 1.64. The molecule has 1 aliphatic heterocycles. The van der Waals surface area contributed by atoms with E-state index in [4.69, 9.17) is 14.7 Å². The lowest BCUT2D eigenvalue weighted by atomic mass is 10.1. The normalized spacial score (nSPS) is 20.1. The number of hydrogen-bond acceptors (Lipinski definition) is 3. The first-order valence-corrected chi connectivity index (χ1v) is 5.07. The van der Waals surface area contributed by atoms with E-state index >= 15 is 0 Å². The van der Waals surface area contributed by atoms with Crippen LogP contribution in [0.1, 0.15) is 17.5 Å². The van der Waals surface area contributed by atoms with Crippen LogP contribution in [0, 0.1) is 11.3 Å². The average Bonchev–Trinajstić information content (AvgIpc) is 2.79. The van der Waals surface area contributed by atoms with Gasteiger partial charge < -0.3 is 9.47 Å². The molecule has 0 amide bonds. The number of ether oxygens (including phenoxy) is 2. The summed E-state index contributed by atoms with van der Waals surface area (Å²) in [4.78, 5) is 0. The van der Waals surface area contributed by atoms with Crippen LogP contribution in [0.25, 0.3) is 0 Å². The Kier molecular flexibility index (Phi) is 3.33. The van der Waals surface area contributed by atoms with Gasteiger partial charge in [-0.2, -0.15) is 5.26 Å². The van der Waals surface area contributed by atoms with Crippen molar-refractivity contribution in [2.75, 3.05) is 13.2 Å². The predicted molar refractivity (Wildman–Crippen MR) is 55.2 cm³/mol. The SMILES string of the molecule is N#Cc1ccccc1COC1CCOC1. The third-order valence-corrected chi connectivity index (χ3v) is 2.50. The van der Waals surface area contributed by atoms with Gasteiger partial charge in [-0.25, -0.2) is 0 Å². The number of nitrogens with zero attached hydrogens (tertiary/aromatic N) is 1. The first kappa shape index (κ1) is 10.2. The van der Waals surface area contributed by atoms with E-state index in [0.717, 1.165) is 18.6 Å². The molecule has 1 aliphatic rings. The van der Waals surface area contributed by atoms with Crippen molar-refractivity contribution in [1.82, 2.24) is 0 Å². The number of nitriles is 1. The molecule has 0 saturated carbocycles. The topological polar surface area (TPSA) is 42.2 Å². The minimum atomic E-state index is 0.191. The molecule has 1 fully saturated rings. The molecule has 1 aromatic rings. The van der Waals surface area contributed by atoms with Gasteiger partial charge in [-0.05, 0) is 18.1 Å². The van der Waals surface area contributed by atoms with Crippen molar-refractivity contribution in [3.63, 3.8) is 0 Å². The van der Waals surface area contributed by atoms with E-state index in [1.165, 1.54) is 0 Å². The van der Waals surface area contributed by atoms with E-state index < -0.39 is 0 Å². The standard InChI is InChI=1S/C12H13NO2/c13-7-10-3-1-2-4-11(10)8-15-12-5-6-14-9-12/h1-4,12H,5-6,8-9H2. The van der Waals surface area contributed by atoms with E-state index in [-0.39, 0.29) is 6.10 Å². The summed E-state index contributed by atoms with van der Waals surface area (Å²) in [5.74, 6) is 0. The first-order chi connectivity index (χ1) is 7.40. The van der Waals surface area contributed by atoms with Crippen LogP contribution in [-0.2, 0) is 16.1 Å². The zero-order valence-electron chi connectivity index (χ0n) is 8.48. The van der Waals surface area contributed by atoms with Crippen LogP contribution in [0.15, 0.2) is 24.3 Å². The van der Waals surface area contributed by atoms with Crippen molar-refractivity contribution in [1.29, 1.82) is 5.26 Å². The molecule has 3 heteroatoms. The highest BCUT2D eigenvalue weighted by Crippen LogP contribution is 2.13. The van der Waals surface area contributed by atoms with Gasteiger partial charge in [0.05, 0.1) is 31.0 Å². The molecule has 1 heterocycles. The summed E-state index contributed by atoms with van der Waals surface area (Å²) in [6.07, 6.45) is 1.14. The second-order valence-electron chi connectivity index (χ2n) is 3.57. The zero-order valence-corrected chi connectivity index (χ0v) is 8.48. The van der Waals surface area contributed by atoms with Crippen molar-refractivity contribution in [3.05, 3.63) is 35.4 Å². The predicted octanol–water partition coefficient (Wildman–Crippen LogP) is 1.86. The molecule has 0 aromatic heterocycles. The minimum absolute atomic E-state index is 0.191. The largest absolute Gasteiger partial charge is 0.379 e. The van der Waals surface area contributed by atoms with Crippen molar-refractivity contribution in [2.24, 2.45) is 0 Å². The van der Waals surface area contributed by atoms with E-state index in [2.05, 4.69) is 6.07 Å². The summed E-state index contributed by atoms with van der Waals surface area (Å²) >= 11 is 0. The molecule has 0 spiro atoms. The molecule has 1 aromatic carbocycles. The maximum atomic E-state index is 8.88. The van der Waals surface area contributed by atoms with Crippen molar-refractivity contribution in [3.8, 4) is 6.07 Å². The number of benzene rings is 1. The summed E-state index contributed by atoms with van der Waals surface area (Å²) in [6.45, 7) is 1.96. The van der Waals surface area contributed by atoms with Crippen LogP contribution in [-0.4, -0.2) is 19.3 Å². The van der Waals surface area contributed by atoms with Gasteiger partial charge in [-0.3, -0.25) is 0 Å². The molecular formula is C12H13NO2. The Bertz CT molecular complexity index is 364. The fourth-order valence-corrected chi connectivity index (χ4v) is 1.61. The lowest BCUT2D eigenvalue weighted by molar-refractivity contribution is 0.0316. The molecule has 0 N–H and O–H groups in total. The third kappa shape index (κ3) is 2.56. The van der Waals surface area contributed by atoms with Crippen LogP contribution >= 0.6 is 0 Å². The van der Waals surface area contributed by atoms with Crippen molar-refractivity contribution < 1.29 is 9.47 Å². The summed E-state index contributed by atoms with van der Waals surface area (Å²) in [7, 11) is 0. The van der Waals surface area contributed by atoms with Crippen molar-refractivity contribution >= 4 is 0 Å². The molecule has 1 unspecified atom stereocenters. The lowest BCUT2D eigenvalue weighted by Gasteiger charge is -2.10. The van der Waals surface area contributed by atoms with Gasteiger partial charge in [-0.15, -0.1) is 0 Å². The highest BCUT2D eigenvalue weighted by atomic mass is 16.5. The van der Waals surface area contributed by atoms with Gasteiger partial charge in [0.1, 0.15) is 0 Å². The van der Waals surface area contributed by atoms with Crippen LogP contribution in [0.3, 0.4) is 0 Å². The second-order valence-corrected chi connectivity index (χ2v) is 3.57. The minimum Gasteiger partial charge on any atom is -0.379 e. The average molecular weight is 203 g/mol. The Balaban J connectivity index is 1.95. The maximum absolute atomic E-state index is 8.88. The maximum Gasteiger partial charge on any atom is 0.0995 e. The summed E-state index contributed by atoms with van der Waals surface area (Å²) in [5, 5.41) is 8.88. The fourth-order valence-electron chi connectivity index (χ4n) is 1.61. The van der Waals surface area contributed by atoms with Crippen LogP contribution in [0.5, 0.6) is 0 Å². The second kappa shape index (κ2) is 4.92. The van der Waals surface area contributed by atoms with Crippen LogP contribution in [0.2, 0.25) is 0 Å². The quantitative estimate of drug-likeness (QED) is 0.753. The molecule has 0 aliphatic carbocycles. The van der Waals surface area contributed by atoms with Gasteiger partial charge in [0.25, 0.3) is 0 Å². The Morgan fingerprint density at radius 3 is 3.07 bits per heavy atom. The highest BCUT2D eigenvalue weighted by molar-refractivity contribution is 5.36. The lowest BCUT2D eigenvalue weighted by Crippen LogP contribution is -2.12. The van der Waals surface area contributed by atoms with E-state index in [1.54, 1.807) is 0 Å². The van der Waals surface area contributed by atoms with E-state index in [1.807, 2.05) is 24.3 Å². The Labute approximate surface area is 89.2 Å². The molecule has 0 bridgehead atoms. The van der Waals surface area contributed by atoms with E-state index in [9.17, 15) is 0 Å². The van der Waals surface area contributed by atoms with Crippen LogP contribution < -0.4 is 0 Å². The molecule has 2 rings (SSSR count). The third-order valence-electron chi connectivity index (χ3n) is 2.50. The fraction of sp³-hybridized carbons (Fsp3) is 0.417. The van der Waals surface area contributed by atoms with Gasteiger partial charge in [0.15, 0.2) is 0 Å². The Morgan fingerprint density at radius 2 is 2.33 bits per heavy atom. The molecular weight excluding hydrogens is 190 g/mol. The van der Waals surface area contributed by atoms with Gasteiger partial charge >= 0.3 is 0 Å².